The van der Waals surface area contributed by atoms with Gasteiger partial charge < -0.3 is 19.7 Å². The van der Waals surface area contributed by atoms with Crippen molar-refractivity contribution in [2.75, 3.05) is 25.7 Å². The van der Waals surface area contributed by atoms with Crippen LogP contribution in [0.4, 0.5) is 0 Å². The van der Waals surface area contributed by atoms with E-state index < -0.39 is 6.10 Å². The van der Waals surface area contributed by atoms with Crippen molar-refractivity contribution >= 4 is 11.6 Å². The molecule has 0 heterocycles. The molecule has 2 aromatic carbocycles. The molecule has 0 spiro atoms. The fourth-order valence-corrected chi connectivity index (χ4v) is 2.91. The number of halogens is 1. The third-order valence-corrected chi connectivity index (χ3v) is 5.01. The first-order chi connectivity index (χ1) is 14.9. The summed E-state index contributed by atoms with van der Waals surface area (Å²) in [6.07, 6.45) is -0.0386. The molecule has 0 bridgehead atoms. The fraction of sp³-hybridized carbons (Fsp3) is 0.538. The predicted molar refractivity (Wildman–Crippen MR) is 132 cm³/mol. The van der Waals surface area contributed by atoms with Gasteiger partial charge in [0.1, 0.15) is 24.2 Å². The second-order valence-electron chi connectivity index (χ2n) is 7.17. The zero-order valence-electron chi connectivity index (χ0n) is 20.2. The molecule has 0 aliphatic rings. The van der Waals surface area contributed by atoms with Crippen LogP contribution in [0.15, 0.2) is 42.5 Å². The summed E-state index contributed by atoms with van der Waals surface area (Å²) in [7, 11) is 0. The Morgan fingerprint density at radius 1 is 0.935 bits per heavy atom. The van der Waals surface area contributed by atoms with Crippen molar-refractivity contribution in [2.24, 2.45) is 0 Å². The van der Waals surface area contributed by atoms with Gasteiger partial charge in [-0.25, -0.2) is 0 Å². The summed E-state index contributed by atoms with van der Waals surface area (Å²) in [5, 5.41) is 18.4. The van der Waals surface area contributed by atoms with E-state index in [1.165, 1.54) is 11.1 Å². The summed E-state index contributed by atoms with van der Waals surface area (Å²) in [5.41, 5.74) is 3.20. The first-order valence-corrected chi connectivity index (χ1v) is 11.7. The van der Waals surface area contributed by atoms with Gasteiger partial charge >= 0.3 is 0 Å². The van der Waals surface area contributed by atoms with Crippen LogP contribution in [0.1, 0.15) is 64.7 Å². The number of aryl methyl sites for hydroxylation is 1. The first-order valence-electron chi connectivity index (χ1n) is 11.2. The van der Waals surface area contributed by atoms with Crippen molar-refractivity contribution in [3.05, 3.63) is 59.2 Å². The van der Waals surface area contributed by atoms with Crippen LogP contribution >= 0.6 is 11.6 Å². The molecule has 0 fully saturated rings. The lowest BCUT2D eigenvalue weighted by atomic mass is 9.77. The van der Waals surface area contributed by atoms with Crippen molar-refractivity contribution in [3.8, 4) is 11.5 Å². The molecule has 4 nitrogen and oxygen atoms in total. The Balaban J connectivity index is 0.00000212. The van der Waals surface area contributed by atoms with Crippen LogP contribution in [0.2, 0.25) is 0 Å². The third-order valence-electron chi connectivity index (χ3n) is 4.65. The summed E-state index contributed by atoms with van der Waals surface area (Å²) >= 11 is 5.61. The van der Waals surface area contributed by atoms with Gasteiger partial charge in [0, 0.05) is 18.4 Å². The van der Waals surface area contributed by atoms with Gasteiger partial charge in [-0.1, -0.05) is 65.8 Å². The van der Waals surface area contributed by atoms with Crippen LogP contribution in [-0.2, 0) is 5.41 Å². The average molecular weight is 453 g/mol. The molecular formula is C26H41ClO4. The highest BCUT2D eigenvalue weighted by Crippen LogP contribution is 2.34. The quantitative estimate of drug-likeness (QED) is 0.337. The third kappa shape index (κ3) is 9.51. The number of benzene rings is 2. The zero-order chi connectivity index (χ0) is 23.9. The van der Waals surface area contributed by atoms with Crippen LogP contribution < -0.4 is 9.47 Å². The maximum absolute atomic E-state index is 9.55. The minimum absolute atomic E-state index is 0.134. The van der Waals surface area contributed by atoms with Crippen LogP contribution in [0.5, 0.6) is 11.5 Å². The number of ether oxygens (including phenoxy) is 2. The fourth-order valence-electron chi connectivity index (χ4n) is 2.82. The summed E-state index contributed by atoms with van der Waals surface area (Å²) in [6, 6.07) is 14.2. The van der Waals surface area contributed by atoms with Crippen LogP contribution in [-0.4, -0.2) is 42.0 Å². The Morgan fingerprint density at radius 3 is 2.03 bits per heavy atom. The summed E-state index contributed by atoms with van der Waals surface area (Å²) < 4.78 is 11.3. The number of hydrogen-bond donors (Lipinski definition) is 2. The lowest BCUT2D eigenvalue weighted by Gasteiger charge is -2.27. The standard InChI is InChI=1S/C22H29ClO4.2C2H6/c1-16-13-18(7-10-21(16)27-15-19(25)14-23)22(2,3)17-5-8-20(9-6-17)26-12-4-11-24;2*1-2/h5-10,13,19,24-25H,4,11-12,14-15H2,1-3H3;2*1-2H3. The van der Waals surface area contributed by atoms with Crippen LogP contribution in [0.3, 0.4) is 0 Å². The van der Waals surface area contributed by atoms with E-state index in [4.69, 9.17) is 26.2 Å². The lowest BCUT2D eigenvalue weighted by molar-refractivity contribution is 0.125. The molecule has 0 aliphatic heterocycles. The molecule has 1 unspecified atom stereocenters. The van der Waals surface area contributed by atoms with Gasteiger partial charge in [-0.15, -0.1) is 11.6 Å². The number of alkyl halides is 1. The Morgan fingerprint density at radius 2 is 1.52 bits per heavy atom. The normalized spacial score (nSPS) is 11.4. The van der Waals surface area contributed by atoms with Gasteiger partial charge in [-0.2, -0.15) is 0 Å². The van der Waals surface area contributed by atoms with Crippen molar-refractivity contribution in [1.29, 1.82) is 0 Å². The topological polar surface area (TPSA) is 58.9 Å². The summed E-state index contributed by atoms with van der Waals surface area (Å²) in [6.45, 7) is 15.2. The Kier molecular flexibility index (Phi) is 15.1. The van der Waals surface area contributed by atoms with Crippen molar-refractivity contribution in [3.63, 3.8) is 0 Å². The monoisotopic (exact) mass is 452 g/mol. The smallest absolute Gasteiger partial charge is 0.122 e. The van der Waals surface area contributed by atoms with Gasteiger partial charge in [-0.3, -0.25) is 0 Å². The second-order valence-corrected chi connectivity index (χ2v) is 7.48. The molecule has 0 saturated heterocycles. The first kappa shape index (κ1) is 29.2. The highest BCUT2D eigenvalue weighted by Gasteiger charge is 2.24. The second kappa shape index (κ2) is 16.0. The minimum Gasteiger partial charge on any atom is -0.494 e. The van der Waals surface area contributed by atoms with Gasteiger partial charge in [0.25, 0.3) is 0 Å². The molecule has 31 heavy (non-hydrogen) atoms. The van der Waals surface area contributed by atoms with Gasteiger partial charge in [0.05, 0.1) is 12.5 Å². The number of aliphatic hydroxyl groups excluding tert-OH is 2. The molecule has 0 amide bonds. The SMILES string of the molecule is CC.CC.Cc1cc(C(C)(C)c2ccc(OCCCO)cc2)ccc1OCC(O)CCl. The summed E-state index contributed by atoms with van der Waals surface area (Å²) in [5.74, 6) is 1.72. The van der Waals surface area contributed by atoms with Gasteiger partial charge in [-0.05, 0) is 41.8 Å². The Hall–Kier alpha value is -1.75. The average Bonchev–Trinajstić information content (AvgIpc) is 2.81. The predicted octanol–water partition coefficient (Wildman–Crippen LogP) is 6.11. The number of hydrogen-bond acceptors (Lipinski definition) is 4. The van der Waals surface area contributed by atoms with E-state index in [2.05, 4.69) is 38.1 Å². The van der Waals surface area contributed by atoms with E-state index in [9.17, 15) is 5.11 Å². The maximum atomic E-state index is 9.55. The number of aliphatic hydroxyl groups is 2. The van der Waals surface area contributed by atoms with Crippen molar-refractivity contribution in [1.82, 2.24) is 0 Å². The molecule has 0 radical (unpaired) electrons. The van der Waals surface area contributed by atoms with Crippen LogP contribution in [0, 0.1) is 6.92 Å². The molecule has 5 heteroatoms. The summed E-state index contributed by atoms with van der Waals surface area (Å²) in [4.78, 5) is 0. The molecule has 0 saturated carbocycles. The van der Waals surface area contributed by atoms with Gasteiger partial charge in [0.15, 0.2) is 0 Å². The van der Waals surface area contributed by atoms with E-state index in [1.54, 1.807) is 0 Å². The maximum Gasteiger partial charge on any atom is 0.122 e. The zero-order valence-corrected chi connectivity index (χ0v) is 21.0. The minimum atomic E-state index is -0.666. The van der Waals surface area contributed by atoms with E-state index in [0.717, 1.165) is 17.1 Å². The molecule has 2 aromatic rings. The van der Waals surface area contributed by atoms with E-state index in [0.29, 0.717) is 13.0 Å². The molecule has 0 aliphatic carbocycles. The Bertz CT molecular complexity index is 714. The van der Waals surface area contributed by atoms with Crippen molar-refractivity contribution in [2.45, 2.75) is 66.4 Å². The van der Waals surface area contributed by atoms with Gasteiger partial charge in [0.2, 0.25) is 0 Å². The highest BCUT2D eigenvalue weighted by atomic mass is 35.5. The Labute approximate surface area is 194 Å². The molecule has 176 valence electrons. The molecule has 0 aromatic heterocycles. The lowest BCUT2D eigenvalue weighted by Crippen LogP contribution is -2.20. The molecule has 2 rings (SSSR count). The molecule has 2 N–H and O–H groups in total. The van der Waals surface area contributed by atoms with Crippen LogP contribution in [0.25, 0.3) is 0 Å². The van der Waals surface area contributed by atoms with E-state index >= 15 is 0 Å². The molecular weight excluding hydrogens is 412 g/mol. The largest absolute Gasteiger partial charge is 0.494 e. The molecule has 1 atom stereocenters. The van der Waals surface area contributed by atoms with E-state index in [1.807, 2.05) is 52.8 Å². The highest BCUT2D eigenvalue weighted by molar-refractivity contribution is 6.18. The number of rotatable bonds is 10. The van der Waals surface area contributed by atoms with E-state index in [-0.39, 0.29) is 24.5 Å². The van der Waals surface area contributed by atoms with Crippen molar-refractivity contribution < 1.29 is 19.7 Å².